The van der Waals surface area contributed by atoms with E-state index in [1.165, 1.54) is 17.2 Å². The average Bonchev–Trinajstić information content (AvgIpc) is 2.29. The summed E-state index contributed by atoms with van der Waals surface area (Å²) in [4.78, 5) is 28.1. The largest absolute Gasteiger partial charge is 0.481 e. The summed E-state index contributed by atoms with van der Waals surface area (Å²) in [5.74, 6) is -1.22. The molecule has 0 fully saturated rings. The van der Waals surface area contributed by atoms with Gasteiger partial charge in [0.05, 0.1) is 11.4 Å². The molecule has 1 N–H and O–H groups in total. The van der Waals surface area contributed by atoms with Crippen LogP contribution in [0.5, 0.6) is 0 Å². The lowest BCUT2D eigenvalue weighted by Gasteiger charge is -2.25. The molecule has 0 radical (unpaired) electrons. The van der Waals surface area contributed by atoms with Gasteiger partial charge in [-0.2, -0.15) is 0 Å². The number of pyridine rings is 1. The number of hydrogen-bond donors (Lipinski definition) is 1. The molecule has 0 aliphatic rings. The standard InChI is InChI=1S/C12H15ClN2O3/c1-8(2)15(6-5-11(16)17)12(18)10-4-3-9(13)7-14-10/h3-4,7-8H,5-6H2,1-2H3,(H,16,17). The highest BCUT2D eigenvalue weighted by Gasteiger charge is 2.20. The number of amides is 1. The molecule has 0 saturated carbocycles. The molecule has 0 aliphatic carbocycles. The topological polar surface area (TPSA) is 70.5 Å². The Labute approximate surface area is 110 Å². The average molecular weight is 271 g/mol. The molecular formula is C12H15ClN2O3. The van der Waals surface area contributed by atoms with Gasteiger partial charge in [0.25, 0.3) is 5.91 Å². The van der Waals surface area contributed by atoms with E-state index in [9.17, 15) is 9.59 Å². The molecule has 0 aromatic carbocycles. The van der Waals surface area contributed by atoms with Crippen molar-refractivity contribution in [2.45, 2.75) is 26.3 Å². The van der Waals surface area contributed by atoms with E-state index in [1.54, 1.807) is 6.07 Å². The normalized spacial score (nSPS) is 10.4. The van der Waals surface area contributed by atoms with Gasteiger partial charge in [-0.25, -0.2) is 4.98 Å². The van der Waals surface area contributed by atoms with Gasteiger partial charge < -0.3 is 10.0 Å². The Morgan fingerprint density at radius 1 is 1.44 bits per heavy atom. The SMILES string of the molecule is CC(C)N(CCC(=O)O)C(=O)c1ccc(Cl)cn1. The highest BCUT2D eigenvalue weighted by atomic mass is 35.5. The molecule has 98 valence electrons. The lowest BCUT2D eigenvalue weighted by Crippen LogP contribution is -2.38. The third-order valence-electron chi connectivity index (χ3n) is 2.40. The zero-order valence-corrected chi connectivity index (χ0v) is 11.0. The number of carbonyl (C=O) groups is 2. The van der Waals surface area contributed by atoms with E-state index in [4.69, 9.17) is 16.7 Å². The van der Waals surface area contributed by atoms with E-state index in [2.05, 4.69) is 4.98 Å². The predicted molar refractivity (Wildman–Crippen MR) is 67.7 cm³/mol. The Morgan fingerprint density at radius 3 is 2.56 bits per heavy atom. The van der Waals surface area contributed by atoms with Crippen molar-refractivity contribution in [1.82, 2.24) is 9.88 Å². The lowest BCUT2D eigenvalue weighted by atomic mass is 10.2. The molecule has 0 bridgehead atoms. The summed E-state index contributed by atoms with van der Waals surface area (Å²) < 4.78 is 0. The molecule has 0 spiro atoms. The highest BCUT2D eigenvalue weighted by Crippen LogP contribution is 2.10. The number of carbonyl (C=O) groups excluding carboxylic acids is 1. The van der Waals surface area contributed by atoms with Crippen molar-refractivity contribution in [3.05, 3.63) is 29.0 Å². The van der Waals surface area contributed by atoms with E-state index < -0.39 is 5.97 Å². The first kappa shape index (κ1) is 14.4. The van der Waals surface area contributed by atoms with E-state index in [0.717, 1.165) is 0 Å². The summed E-state index contributed by atoms with van der Waals surface area (Å²) in [5.41, 5.74) is 0.262. The van der Waals surface area contributed by atoms with Crippen LogP contribution in [0.2, 0.25) is 5.02 Å². The van der Waals surface area contributed by atoms with Crippen LogP contribution in [-0.2, 0) is 4.79 Å². The lowest BCUT2D eigenvalue weighted by molar-refractivity contribution is -0.137. The van der Waals surface area contributed by atoms with Crippen LogP contribution in [-0.4, -0.2) is 39.5 Å². The minimum absolute atomic E-state index is 0.0858. The van der Waals surface area contributed by atoms with E-state index >= 15 is 0 Å². The zero-order valence-electron chi connectivity index (χ0n) is 10.3. The molecule has 6 heteroatoms. The predicted octanol–water partition coefficient (Wildman–Crippen LogP) is 2.06. The zero-order chi connectivity index (χ0) is 13.7. The summed E-state index contributed by atoms with van der Waals surface area (Å²) in [6, 6.07) is 3.02. The maximum atomic E-state index is 12.1. The molecule has 1 aromatic rings. The summed E-state index contributed by atoms with van der Waals surface area (Å²) in [6.07, 6.45) is 1.31. The molecule has 5 nitrogen and oxygen atoms in total. The first-order valence-electron chi connectivity index (χ1n) is 5.56. The summed E-state index contributed by atoms with van der Waals surface area (Å²) >= 11 is 5.70. The molecule has 1 rings (SSSR count). The Morgan fingerprint density at radius 2 is 2.11 bits per heavy atom. The van der Waals surface area contributed by atoms with Gasteiger partial charge in [0.15, 0.2) is 0 Å². The van der Waals surface area contributed by atoms with E-state index in [0.29, 0.717) is 5.02 Å². The number of rotatable bonds is 5. The fourth-order valence-corrected chi connectivity index (χ4v) is 1.57. The molecule has 1 amide bonds. The second-order valence-electron chi connectivity index (χ2n) is 4.10. The number of hydrogen-bond acceptors (Lipinski definition) is 3. The summed E-state index contributed by atoms with van der Waals surface area (Å²) in [5, 5.41) is 9.11. The van der Waals surface area contributed by atoms with Crippen LogP contribution in [0.25, 0.3) is 0 Å². The minimum atomic E-state index is -0.933. The Bertz CT molecular complexity index is 431. The Balaban J connectivity index is 2.82. The number of halogens is 1. The van der Waals surface area contributed by atoms with Crippen LogP contribution in [0.3, 0.4) is 0 Å². The fourth-order valence-electron chi connectivity index (χ4n) is 1.46. The maximum Gasteiger partial charge on any atom is 0.305 e. The van der Waals surface area contributed by atoms with Crippen molar-refractivity contribution in [3.8, 4) is 0 Å². The van der Waals surface area contributed by atoms with Crippen LogP contribution in [0.1, 0.15) is 30.8 Å². The maximum absolute atomic E-state index is 12.1. The van der Waals surface area contributed by atoms with Crippen molar-refractivity contribution < 1.29 is 14.7 Å². The van der Waals surface area contributed by atoms with E-state index in [-0.39, 0.29) is 30.6 Å². The van der Waals surface area contributed by atoms with E-state index in [1.807, 2.05) is 13.8 Å². The second-order valence-corrected chi connectivity index (χ2v) is 4.53. The van der Waals surface area contributed by atoms with Gasteiger partial charge in [0.2, 0.25) is 0 Å². The summed E-state index contributed by atoms with van der Waals surface area (Å²) in [6.45, 7) is 3.82. The first-order chi connectivity index (χ1) is 8.41. The second kappa shape index (κ2) is 6.35. The van der Waals surface area contributed by atoms with Crippen LogP contribution in [0.4, 0.5) is 0 Å². The molecule has 0 unspecified atom stereocenters. The van der Waals surface area contributed by atoms with Gasteiger partial charge in [0.1, 0.15) is 5.69 Å². The number of nitrogens with zero attached hydrogens (tertiary/aromatic N) is 2. The van der Waals surface area contributed by atoms with Crippen molar-refractivity contribution in [3.63, 3.8) is 0 Å². The van der Waals surface area contributed by atoms with Crippen molar-refractivity contribution >= 4 is 23.5 Å². The van der Waals surface area contributed by atoms with Crippen molar-refractivity contribution in [2.75, 3.05) is 6.54 Å². The molecule has 0 aliphatic heterocycles. The number of carboxylic acids is 1. The molecule has 18 heavy (non-hydrogen) atoms. The Hall–Kier alpha value is -1.62. The van der Waals surface area contributed by atoms with Crippen molar-refractivity contribution in [2.24, 2.45) is 0 Å². The molecular weight excluding hydrogens is 256 g/mol. The van der Waals surface area contributed by atoms with Gasteiger partial charge in [-0.15, -0.1) is 0 Å². The van der Waals surface area contributed by atoms with Crippen LogP contribution in [0, 0.1) is 0 Å². The third-order valence-corrected chi connectivity index (χ3v) is 2.62. The van der Waals surface area contributed by atoms with Gasteiger partial charge >= 0.3 is 5.97 Å². The number of aliphatic carboxylic acids is 1. The summed E-state index contributed by atoms with van der Waals surface area (Å²) in [7, 11) is 0. The van der Waals surface area contributed by atoms with Crippen molar-refractivity contribution in [1.29, 1.82) is 0 Å². The number of aromatic nitrogens is 1. The highest BCUT2D eigenvalue weighted by molar-refractivity contribution is 6.30. The fraction of sp³-hybridized carbons (Fsp3) is 0.417. The third kappa shape index (κ3) is 4.00. The van der Waals surface area contributed by atoms with Gasteiger partial charge in [-0.05, 0) is 26.0 Å². The molecule has 1 aromatic heterocycles. The molecule has 1 heterocycles. The first-order valence-corrected chi connectivity index (χ1v) is 5.94. The van der Waals surface area contributed by atoms with Crippen LogP contribution >= 0.6 is 11.6 Å². The number of carboxylic acid groups (broad SMARTS) is 1. The monoisotopic (exact) mass is 270 g/mol. The van der Waals surface area contributed by atoms with Gasteiger partial charge in [-0.1, -0.05) is 11.6 Å². The Kier molecular flexibility index (Phi) is 5.09. The van der Waals surface area contributed by atoms with Gasteiger partial charge in [0, 0.05) is 18.8 Å². The minimum Gasteiger partial charge on any atom is -0.481 e. The molecule has 0 atom stereocenters. The quantitative estimate of drug-likeness (QED) is 0.889. The smallest absolute Gasteiger partial charge is 0.305 e. The van der Waals surface area contributed by atoms with Gasteiger partial charge in [-0.3, -0.25) is 9.59 Å². The van der Waals surface area contributed by atoms with Crippen LogP contribution in [0.15, 0.2) is 18.3 Å². The van der Waals surface area contributed by atoms with Crippen LogP contribution < -0.4 is 0 Å². The molecule has 0 saturated heterocycles.